The molecule has 3 rings (SSSR count). The second-order valence-corrected chi connectivity index (χ2v) is 5.38. The van der Waals surface area contributed by atoms with E-state index in [-0.39, 0.29) is 0 Å². The third kappa shape index (κ3) is 2.89. The Kier molecular flexibility index (Phi) is 3.86. The van der Waals surface area contributed by atoms with E-state index in [1.165, 1.54) is 16.6 Å². The van der Waals surface area contributed by atoms with E-state index in [4.69, 9.17) is 0 Å². The van der Waals surface area contributed by atoms with Crippen LogP contribution in [0.2, 0.25) is 0 Å². The molecule has 0 aliphatic carbocycles. The van der Waals surface area contributed by atoms with Crippen LogP contribution >= 0.6 is 0 Å². The Balaban J connectivity index is 1.75. The second-order valence-electron chi connectivity index (χ2n) is 5.38. The zero-order valence-electron chi connectivity index (χ0n) is 12.5. The third-order valence-electron chi connectivity index (χ3n) is 3.83. The van der Waals surface area contributed by atoms with Gasteiger partial charge in [-0.3, -0.25) is 4.98 Å². The minimum absolute atomic E-state index is 0.992. The normalized spacial score (nSPS) is 11.0. The monoisotopic (exact) mass is 280 g/mol. The summed E-state index contributed by atoms with van der Waals surface area (Å²) < 4.78 is 2.11. The maximum Gasteiger partial charge on any atom is 0.0945 e. The number of hydrogen-bond donors (Lipinski definition) is 0. The average molecular weight is 280 g/mol. The van der Waals surface area contributed by atoms with E-state index in [0.29, 0.717) is 0 Å². The summed E-state index contributed by atoms with van der Waals surface area (Å²) in [6.07, 6.45) is 8.68. The van der Waals surface area contributed by atoms with Gasteiger partial charge in [-0.25, -0.2) is 4.98 Å². The molecular weight excluding hydrogens is 260 g/mol. The van der Waals surface area contributed by atoms with E-state index in [1.807, 2.05) is 24.9 Å². The Morgan fingerprint density at radius 1 is 1.19 bits per heavy atom. The van der Waals surface area contributed by atoms with Crippen molar-refractivity contribution < 1.29 is 0 Å². The van der Waals surface area contributed by atoms with Gasteiger partial charge in [-0.15, -0.1) is 0 Å². The maximum absolute atomic E-state index is 4.51. The number of hydrogen-bond acceptors (Lipinski definition) is 3. The molecule has 0 atom stereocenters. The Morgan fingerprint density at radius 2 is 2.10 bits per heavy atom. The van der Waals surface area contributed by atoms with Gasteiger partial charge in [0.05, 0.1) is 11.8 Å². The molecule has 2 heterocycles. The van der Waals surface area contributed by atoms with E-state index in [1.54, 1.807) is 0 Å². The minimum atomic E-state index is 0.992. The van der Waals surface area contributed by atoms with E-state index < -0.39 is 0 Å². The number of fused-ring (bicyclic) bond motifs is 1. The first-order chi connectivity index (χ1) is 10.3. The first-order valence-corrected chi connectivity index (χ1v) is 7.27. The van der Waals surface area contributed by atoms with Crippen molar-refractivity contribution >= 4 is 16.6 Å². The lowest BCUT2D eigenvalue weighted by Gasteiger charge is -2.21. The van der Waals surface area contributed by atoms with Gasteiger partial charge in [0, 0.05) is 49.8 Å². The van der Waals surface area contributed by atoms with E-state index in [9.17, 15) is 0 Å². The molecule has 0 bridgehead atoms. The summed E-state index contributed by atoms with van der Waals surface area (Å²) in [6, 6.07) is 8.45. The molecule has 0 unspecified atom stereocenters. The quantitative estimate of drug-likeness (QED) is 0.719. The van der Waals surface area contributed by atoms with Crippen LogP contribution in [0, 0.1) is 6.92 Å². The molecule has 4 heteroatoms. The van der Waals surface area contributed by atoms with Gasteiger partial charge in [0.2, 0.25) is 0 Å². The average Bonchev–Trinajstić information content (AvgIpc) is 3.00. The summed E-state index contributed by atoms with van der Waals surface area (Å²) in [7, 11) is 2.14. The van der Waals surface area contributed by atoms with Crippen molar-refractivity contribution in [1.82, 2.24) is 14.5 Å². The minimum Gasteiger partial charge on any atom is -0.374 e. The predicted octanol–water partition coefficient (Wildman–Crippen LogP) is 3.27. The van der Waals surface area contributed by atoms with Gasteiger partial charge in [-0.1, -0.05) is 18.2 Å². The van der Waals surface area contributed by atoms with Crippen molar-refractivity contribution in [3.63, 3.8) is 0 Å². The Morgan fingerprint density at radius 3 is 2.90 bits per heavy atom. The van der Waals surface area contributed by atoms with Crippen molar-refractivity contribution in [2.24, 2.45) is 0 Å². The molecular formula is C17H20N4. The molecule has 0 amide bonds. The molecule has 3 aromatic rings. The van der Waals surface area contributed by atoms with Crippen LogP contribution < -0.4 is 4.90 Å². The lowest BCUT2D eigenvalue weighted by molar-refractivity contribution is 0.638. The zero-order valence-corrected chi connectivity index (χ0v) is 12.5. The van der Waals surface area contributed by atoms with E-state index in [0.717, 1.165) is 25.0 Å². The van der Waals surface area contributed by atoms with E-state index in [2.05, 4.69) is 57.7 Å². The molecule has 0 aliphatic rings. The Bertz CT molecular complexity index is 719. The molecule has 0 radical (unpaired) electrons. The molecule has 4 nitrogen and oxygen atoms in total. The fourth-order valence-corrected chi connectivity index (χ4v) is 2.67. The highest BCUT2D eigenvalue weighted by molar-refractivity contribution is 5.93. The smallest absolute Gasteiger partial charge is 0.0945 e. The van der Waals surface area contributed by atoms with Crippen LogP contribution in [0.15, 0.2) is 49.2 Å². The Hall–Kier alpha value is -2.36. The van der Waals surface area contributed by atoms with Crippen molar-refractivity contribution in [3.05, 3.63) is 54.7 Å². The number of benzene rings is 1. The first kappa shape index (κ1) is 13.6. The molecule has 2 aromatic heterocycles. The number of imidazole rings is 1. The van der Waals surface area contributed by atoms with Crippen molar-refractivity contribution in [3.8, 4) is 0 Å². The largest absolute Gasteiger partial charge is 0.374 e. The third-order valence-corrected chi connectivity index (χ3v) is 3.83. The van der Waals surface area contributed by atoms with Gasteiger partial charge < -0.3 is 9.47 Å². The summed E-state index contributed by atoms with van der Waals surface area (Å²) in [5.41, 5.74) is 3.56. The van der Waals surface area contributed by atoms with Crippen LogP contribution in [-0.2, 0) is 6.54 Å². The van der Waals surface area contributed by atoms with Crippen LogP contribution in [0.4, 0.5) is 5.69 Å². The molecule has 1 aromatic carbocycles. The van der Waals surface area contributed by atoms with Crippen LogP contribution in [0.25, 0.3) is 10.9 Å². The van der Waals surface area contributed by atoms with Gasteiger partial charge in [0.1, 0.15) is 0 Å². The van der Waals surface area contributed by atoms with E-state index >= 15 is 0 Å². The summed E-state index contributed by atoms with van der Waals surface area (Å²) in [4.78, 5) is 10.9. The second kappa shape index (κ2) is 5.95. The summed E-state index contributed by atoms with van der Waals surface area (Å²) in [6.45, 7) is 4.11. The molecule has 0 spiro atoms. The topological polar surface area (TPSA) is 34.0 Å². The molecule has 0 fully saturated rings. The lowest BCUT2D eigenvalue weighted by Crippen LogP contribution is -2.20. The standard InChI is InChI=1S/C17H20N4/c1-14-5-3-6-15-16(7-8-19-17(14)15)20(2)10-4-11-21-12-9-18-13-21/h3,5-9,12-13H,4,10-11H2,1-2H3. The number of nitrogens with zero attached hydrogens (tertiary/aromatic N) is 4. The van der Waals surface area contributed by atoms with Crippen molar-refractivity contribution in [2.45, 2.75) is 19.9 Å². The molecule has 0 N–H and O–H groups in total. The maximum atomic E-state index is 4.51. The highest BCUT2D eigenvalue weighted by Gasteiger charge is 2.07. The van der Waals surface area contributed by atoms with Crippen LogP contribution in [0.1, 0.15) is 12.0 Å². The molecule has 21 heavy (non-hydrogen) atoms. The van der Waals surface area contributed by atoms with Gasteiger partial charge in [0.15, 0.2) is 0 Å². The summed E-state index contributed by atoms with van der Waals surface area (Å²) in [5, 5.41) is 1.22. The SMILES string of the molecule is Cc1cccc2c(N(C)CCCn3ccnc3)ccnc12. The van der Waals surface area contributed by atoms with Gasteiger partial charge >= 0.3 is 0 Å². The number of aryl methyl sites for hydroxylation is 2. The van der Waals surface area contributed by atoms with Crippen LogP contribution in [0.3, 0.4) is 0 Å². The molecule has 0 saturated heterocycles. The highest BCUT2D eigenvalue weighted by atomic mass is 15.1. The molecule has 0 saturated carbocycles. The van der Waals surface area contributed by atoms with Crippen LogP contribution in [-0.4, -0.2) is 28.1 Å². The number of pyridine rings is 1. The molecule has 108 valence electrons. The van der Waals surface area contributed by atoms with Gasteiger partial charge in [0.25, 0.3) is 0 Å². The predicted molar refractivity (Wildman–Crippen MR) is 86.6 cm³/mol. The summed E-state index contributed by atoms with van der Waals surface area (Å²) >= 11 is 0. The first-order valence-electron chi connectivity index (χ1n) is 7.27. The number of aromatic nitrogens is 3. The van der Waals surface area contributed by atoms with Gasteiger partial charge in [-0.05, 0) is 25.0 Å². The summed E-state index contributed by atoms with van der Waals surface area (Å²) in [5.74, 6) is 0. The van der Waals surface area contributed by atoms with Crippen molar-refractivity contribution in [1.29, 1.82) is 0 Å². The number of rotatable bonds is 5. The lowest BCUT2D eigenvalue weighted by atomic mass is 10.1. The zero-order chi connectivity index (χ0) is 14.7. The van der Waals surface area contributed by atoms with Gasteiger partial charge in [-0.2, -0.15) is 0 Å². The molecule has 0 aliphatic heterocycles. The number of para-hydroxylation sites is 1. The Labute approximate surface area is 125 Å². The fraction of sp³-hybridized carbons (Fsp3) is 0.294. The van der Waals surface area contributed by atoms with Crippen molar-refractivity contribution in [2.75, 3.05) is 18.5 Å². The fourth-order valence-electron chi connectivity index (χ4n) is 2.67. The van der Waals surface area contributed by atoms with Crippen LogP contribution in [0.5, 0.6) is 0 Å². The number of anilines is 1. The highest BCUT2D eigenvalue weighted by Crippen LogP contribution is 2.26.